The molecule has 3 atom stereocenters. The molecule has 2 rings (SSSR count). The molecule has 138 valence electrons. The third kappa shape index (κ3) is 4.17. The van der Waals surface area contributed by atoms with Gasteiger partial charge in [0.15, 0.2) is 0 Å². The van der Waals surface area contributed by atoms with E-state index in [9.17, 15) is 27.6 Å². The van der Waals surface area contributed by atoms with E-state index in [4.69, 9.17) is 0 Å². The smallest absolute Gasteiger partial charge is 0.324 e. The number of hydrogen-bond acceptors (Lipinski definition) is 7. The molecule has 1 heterocycles. The number of thiol groups is 1. The number of aliphatic carboxylic acids is 1. The summed E-state index contributed by atoms with van der Waals surface area (Å²) in [5.74, 6) is -2.15. The minimum atomic E-state index is -4.28. The Bertz CT molecular complexity index is 758. The second kappa shape index (κ2) is 7.36. The first-order valence-electron chi connectivity index (χ1n) is 7.35. The third-order valence-corrected chi connectivity index (χ3v) is 6.32. The van der Waals surface area contributed by atoms with Crippen LogP contribution in [-0.2, 0) is 14.8 Å². The second-order valence-electron chi connectivity index (χ2n) is 5.96. The number of piperidine rings is 1. The SMILES string of the molecule is CN1CCC(N=O)(C(NS(=O)(=O)c2ccc(F)cc2)C(=O)O)CC1S. The summed E-state index contributed by atoms with van der Waals surface area (Å²) in [5.41, 5.74) is -1.67. The van der Waals surface area contributed by atoms with Gasteiger partial charge in [0.05, 0.1) is 10.3 Å². The molecule has 0 radical (unpaired) electrons. The number of nitrogens with one attached hydrogen (secondary N) is 1. The van der Waals surface area contributed by atoms with Crippen LogP contribution < -0.4 is 4.72 Å². The number of sulfonamides is 1. The highest BCUT2D eigenvalue weighted by atomic mass is 32.2. The molecule has 1 aromatic carbocycles. The minimum absolute atomic E-state index is 0.0288. The zero-order chi connectivity index (χ0) is 18.8. The maximum absolute atomic E-state index is 13.0. The van der Waals surface area contributed by atoms with Gasteiger partial charge in [-0.25, -0.2) is 12.8 Å². The van der Waals surface area contributed by atoms with Gasteiger partial charge in [0.1, 0.15) is 17.4 Å². The van der Waals surface area contributed by atoms with Gasteiger partial charge in [-0.1, -0.05) is 5.18 Å². The van der Waals surface area contributed by atoms with Crippen molar-refractivity contribution in [3.8, 4) is 0 Å². The summed E-state index contributed by atoms with van der Waals surface area (Å²) < 4.78 is 39.9. The molecule has 0 spiro atoms. The predicted molar refractivity (Wildman–Crippen MR) is 91.3 cm³/mol. The average Bonchev–Trinajstić information content (AvgIpc) is 2.56. The maximum atomic E-state index is 13.0. The number of likely N-dealkylation sites (tertiary alicyclic amines) is 1. The number of hydrogen-bond donors (Lipinski definition) is 3. The Morgan fingerprint density at radius 3 is 2.56 bits per heavy atom. The van der Waals surface area contributed by atoms with Gasteiger partial charge in [-0.05, 0) is 37.7 Å². The van der Waals surface area contributed by atoms with Crippen LogP contribution in [0.5, 0.6) is 0 Å². The largest absolute Gasteiger partial charge is 0.480 e. The highest BCUT2D eigenvalue weighted by Crippen LogP contribution is 2.35. The standard InChI is InChI=1S/C14H18FN3O5S2/c1-18-7-6-14(17-21,8-11(18)24)12(13(19)20)16-25(22,23)10-4-2-9(15)3-5-10/h2-5,11-12,16,24H,6-8H2,1H3,(H,19,20). The van der Waals surface area contributed by atoms with E-state index >= 15 is 0 Å². The van der Waals surface area contributed by atoms with E-state index in [2.05, 4.69) is 17.8 Å². The molecule has 0 aliphatic carbocycles. The van der Waals surface area contributed by atoms with Crippen LogP contribution in [0.2, 0.25) is 0 Å². The first kappa shape index (κ1) is 19.8. The maximum Gasteiger partial charge on any atom is 0.324 e. The summed E-state index contributed by atoms with van der Waals surface area (Å²) in [4.78, 5) is 24.7. The number of nitroso groups, excluding NO2 is 1. The quantitative estimate of drug-likeness (QED) is 0.493. The van der Waals surface area contributed by atoms with Crippen molar-refractivity contribution < 1.29 is 22.7 Å². The summed E-state index contributed by atoms with van der Waals surface area (Å²) in [6.45, 7) is 0.335. The predicted octanol–water partition coefficient (Wildman–Crippen LogP) is 1.04. The van der Waals surface area contributed by atoms with E-state index in [1.807, 2.05) is 4.72 Å². The van der Waals surface area contributed by atoms with Crippen molar-refractivity contribution >= 4 is 28.6 Å². The van der Waals surface area contributed by atoms with Gasteiger partial charge in [-0.15, -0.1) is 0 Å². The molecular weight excluding hydrogens is 373 g/mol. The molecule has 0 aromatic heterocycles. The van der Waals surface area contributed by atoms with Crippen molar-refractivity contribution in [2.45, 2.75) is 34.7 Å². The van der Waals surface area contributed by atoms with Crippen LogP contribution in [0.4, 0.5) is 4.39 Å². The van der Waals surface area contributed by atoms with Crippen LogP contribution in [0.3, 0.4) is 0 Å². The summed E-state index contributed by atoms with van der Waals surface area (Å²) in [6.07, 6.45) is 0.0337. The van der Waals surface area contributed by atoms with Gasteiger partial charge in [0, 0.05) is 13.0 Å². The van der Waals surface area contributed by atoms with Crippen molar-refractivity contribution in [3.05, 3.63) is 35.0 Å². The van der Waals surface area contributed by atoms with Gasteiger partial charge in [0.25, 0.3) is 0 Å². The number of carbonyl (C=O) groups is 1. The van der Waals surface area contributed by atoms with Crippen LogP contribution in [0, 0.1) is 10.7 Å². The van der Waals surface area contributed by atoms with Gasteiger partial charge in [0.2, 0.25) is 10.0 Å². The third-order valence-electron chi connectivity index (χ3n) is 4.31. The number of carboxylic acids is 1. The monoisotopic (exact) mass is 391 g/mol. The van der Waals surface area contributed by atoms with Crippen molar-refractivity contribution in [2.75, 3.05) is 13.6 Å². The molecule has 1 aliphatic heterocycles. The molecule has 1 saturated heterocycles. The van der Waals surface area contributed by atoms with Crippen LogP contribution in [0.15, 0.2) is 34.3 Å². The Balaban J connectivity index is 2.36. The number of halogens is 1. The first-order valence-corrected chi connectivity index (χ1v) is 9.35. The number of carboxylic acid groups (broad SMARTS) is 1. The molecule has 8 nitrogen and oxygen atoms in total. The minimum Gasteiger partial charge on any atom is -0.480 e. The van der Waals surface area contributed by atoms with E-state index < -0.39 is 38.8 Å². The molecule has 3 unspecified atom stereocenters. The van der Waals surface area contributed by atoms with E-state index in [0.717, 1.165) is 24.3 Å². The number of benzene rings is 1. The number of rotatable bonds is 6. The van der Waals surface area contributed by atoms with E-state index in [0.29, 0.717) is 6.54 Å². The summed E-state index contributed by atoms with van der Waals surface area (Å²) in [6, 6.07) is 2.14. The van der Waals surface area contributed by atoms with E-state index in [1.165, 1.54) is 0 Å². The highest BCUT2D eigenvalue weighted by molar-refractivity contribution is 7.89. The molecule has 0 bridgehead atoms. The highest BCUT2D eigenvalue weighted by Gasteiger charge is 2.50. The first-order chi connectivity index (χ1) is 11.6. The fraction of sp³-hybridized carbons (Fsp3) is 0.500. The summed E-state index contributed by atoms with van der Waals surface area (Å²) in [5, 5.41) is 12.0. The van der Waals surface area contributed by atoms with Crippen LogP contribution in [0.25, 0.3) is 0 Å². The van der Waals surface area contributed by atoms with Crippen molar-refractivity contribution in [2.24, 2.45) is 5.18 Å². The Labute approximate surface area is 149 Å². The second-order valence-corrected chi connectivity index (χ2v) is 8.27. The van der Waals surface area contributed by atoms with Gasteiger partial charge >= 0.3 is 5.97 Å². The molecule has 1 aliphatic rings. The topological polar surface area (TPSA) is 116 Å². The zero-order valence-corrected chi connectivity index (χ0v) is 15.0. The zero-order valence-electron chi connectivity index (χ0n) is 13.3. The molecule has 0 saturated carbocycles. The van der Waals surface area contributed by atoms with E-state index in [1.54, 1.807) is 11.9 Å². The van der Waals surface area contributed by atoms with Gasteiger partial charge in [-0.3, -0.25) is 9.69 Å². The molecular formula is C14H18FN3O5S2. The van der Waals surface area contributed by atoms with Gasteiger partial charge in [-0.2, -0.15) is 22.3 Å². The molecule has 1 aromatic rings. The number of nitrogens with zero attached hydrogens (tertiary/aromatic N) is 2. The lowest BCUT2D eigenvalue weighted by atomic mass is 9.82. The van der Waals surface area contributed by atoms with Crippen molar-refractivity contribution in [1.29, 1.82) is 0 Å². The van der Waals surface area contributed by atoms with Gasteiger partial charge < -0.3 is 5.11 Å². The molecule has 1 fully saturated rings. The average molecular weight is 391 g/mol. The molecule has 0 amide bonds. The van der Waals surface area contributed by atoms with Crippen LogP contribution >= 0.6 is 12.6 Å². The molecule has 2 N–H and O–H groups in total. The molecule has 25 heavy (non-hydrogen) atoms. The lowest BCUT2D eigenvalue weighted by Gasteiger charge is -2.41. The lowest BCUT2D eigenvalue weighted by Crippen LogP contribution is -2.60. The summed E-state index contributed by atoms with van der Waals surface area (Å²) in [7, 11) is -2.53. The Morgan fingerprint density at radius 2 is 2.08 bits per heavy atom. The molecule has 11 heteroatoms. The fourth-order valence-electron chi connectivity index (χ4n) is 2.72. The Morgan fingerprint density at radius 1 is 1.48 bits per heavy atom. The van der Waals surface area contributed by atoms with Crippen molar-refractivity contribution in [1.82, 2.24) is 9.62 Å². The Hall–Kier alpha value is -1.56. The van der Waals surface area contributed by atoms with Crippen molar-refractivity contribution in [3.63, 3.8) is 0 Å². The fourth-order valence-corrected chi connectivity index (χ4v) is 4.41. The normalized spacial score (nSPS) is 26.1. The van der Waals surface area contributed by atoms with E-state index in [-0.39, 0.29) is 17.7 Å². The summed E-state index contributed by atoms with van der Waals surface area (Å²) >= 11 is 4.29. The lowest BCUT2D eigenvalue weighted by molar-refractivity contribution is -0.141. The Kier molecular flexibility index (Phi) is 5.82. The van der Waals surface area contributed by atoms with Crippen LogP contribution in [-0.4, -0.2) is 54.9 Å². The van der Waals surface area contributed by atoms with Crippen LogP contribution in [0.1, 0.15) is 12.8 Å².